The smallest absolute Gasteiger partial charge is 0.416 e. The molecule has 5 rings (SSSR count). The number of benzene rings is 3. The molecule has 0 bridgehead atoms. The summed E-state index contributed by atoms with van der Waals surface area (Å²) in [6.07, 6.45) is -3.70. The molecule has 2 heterocycles. The Labute approximate surface area is 264 Å². The van der Waals surface area contributed by atoms with Crippen LogP contribution in [0.5, 0.6) is 5.75 Å². The van der Waals surface area contributed by atoms with Crippen LogP contribution in [0.15, 0.2) is 78.9 Å². The average Bonchev–Trinajstić information content (AvgIpc) is 3.40. The lowest BCUT2D eigenvalue weighted by molar-refractivity contribution is -0.147. The van der Waals surface area contributed by atoms with Gasteiger partial charge in [0, 0.05) is 18.8 Å². The van der Waals surface area contributed by atoms with E-state index in [9.17, 15) is 22.8 Å². The fraction of sp³-hybridized carbons (Fsp3) is 0.344. The van der Waals surface area contributed by atoms with Crippen molar-refractivity contribution < 1.29 is 27.5 Å². The maximum Gasteiger partial charge on any atom is 0.416 e. The molecule has 0 aromatic heterocycles. The summed E-state index contributed by atoms with van der Waals surface area (Å²) in [5, 5.41) is 6.69. The first-order valence-electron chi connectivity index (χ1n) is 14.2. The molecule has 2 aliphatic rings. The van der Waals surface area contributed by atoms with Crippen LogP contribution in [0.3, 0.4) is 0 Å². The van der Waals surface area contributed by atoms with Crippen molar-refractivity contribution in [1.82, 2.24) is 15.1 Å². The van der Waals surface area contributed by atoms with Gasteiger partial charge in [0.25, 0.3) is 0 Å². The van der Waals surface area contributed by atoms with Gasteiger partial charge in [-0.3, -0.25) is 9.59 Å². The van der Waals surface area contributed by atoms with Crippen LogP contribution in [0.25, 0.3) is 0 Å². The normalized spacial score (nSPS) is 18.0. The highest BCUT2D eigenvalue weighted by Gasteiger charge is 2.48. The summed E-state index contributed by atoms with van der Waals surface area (Å²) in [5.41, 5.74) is 0.0709. The second-order valence-corrected chi connectivity index (χ2v) is 12.4. The molecule has 44 heavy (non-hydrogen) atoms. The third kappa shape index (κ3) is 7.13. The molecule has 0 saturated carbocycles. The minimum Gasteiger partial charge on any atom is -0.497 e. The monoisotopic (exact) mass is 642 g/mol. The summed E-state index contributed by atoms with van der Waals surface area (Å²) in [5.74, 6) is 1.25. The van der Waals surface area contributed by atoms with Crippen LogP contribution >= 0.6 is 24.0 Å². The van der Waals surface area contributed by atoms with E-state index in [0.717, 1.165) is 17.7 Å². The first kappa shape index (κ1) is 31.6. The van der Waals surface area contributed by atoms with Crippen LogP contribution in [-0.4, -0.2) is 64.0 Å². The number of methoxy groups -OCH3 is 1. The number of nitrogens with one attached hydrogen (secondary N) is 2. The van der Waals surface area contributed by atoms with E-state index in [-0.39, 0.29) is 30.9 Å². The number of alkyl halides is 3. The van der Waals surface area contributed by atoms with Crippen LogP contribution in [-0.2, 0) is 22.3 Å². The summed E-state index contributed by atoms with van der Waals surface area (Å²) < 4.78 is 45.1. The van der Waals surface area contributed by atoms with Crippen molar-refractivity contribution in [2.45, 2.75) is 37.1 Å². The lowest BCUT2D eigenvalue weighted by atomic mass is 9.87. The van der Waals surface area contributed by atoms with Crippen molar-refractivity contribution in [2.75, 3.05) is 37.0 Å². The number of thiocarbonyl (C=S) groups is 1. The Kier molecular flexibility index (Phi) is 9.69. The van der Waals surface area contributed by atoms with Crippen LogP contribution in [0, 0.1) is 0 Å². The van der Waals surface area contributed by atoms with Gasteiger partial charge >= 0.3 is 6.18 Å². The number of rotatable bonds is 9. The van der Waals surface area contributed by atoms with Gasteiger partial charge < -0.3 is 25.2 Å². The largest absolute Gasteiger partial charge is 0.497 e. The van der Waals surface area contributed by atoms with Crippen molar-refractivity contribution in [3.05, 3.63) is 95.6 Å². The van der Waals surface area contributed by atoms with Crippen molar-refractivity contribution >= 4 is 46.6 Å². The molecule has 0 radical (unpaired) electrons. The fourth-order valence-corrected chi connectivity index (χ4v) is 7.01. The standard InChI is InChI=1S/C32H33F3N4O3S2/c1-42-26-13-11-25(12-14-26)36-29(41)31(15-17-44-18-16-31)39(19-22-7-9-24(10-8-22)32(33,34)35)28(40)21-38-20-27(37-30(38)43)23-5-3-2-4-6-23/h2-14,27H,15-21H2,1H3,(H,36,41)(H,37,43)/t27-/m1/s1. The third-order valence-corrected chi connectivity index (χ3v) is 9.41. The molecule has 2 amide bonds. The van der Waals surface area contributed by atoms with Crippen LogP contribution in [0.1, 0.15) is 35.6 Å². The second kappa shape index (κ2) is 13.5. The van der Waals surface area contributed by atoms with E-state index in [0.29, 0.717) is 53.0 Å². The maximum atomic E-state index is 14.3. The Morgan fingerprint density at radius 1 is 1.05 bits per heavy atom. The van der Waals surface area contributed by atoms with E-state index in [1.54, 1.807) is 52.9 Å². The number of ether oxygens (including phenoxy) is 1. The number of hydrogen-bond donors (Lipinski definition) is 2. The van der Waals surface area contributed by atoms with Gasteiger partial charge in [0.05, 0.1) is 25.3 Å². The minimum atomic E-state index is -4.48. The van der Waals surface area contributed by atoms with Gasteiger partial charge in [-0.1, -0.05) is 42.5 Å². The van der Waals surface area contributed by atoms with Gasteiger partial charge in [-0.05, 0) is 84.1 Å². The first-order chi connectivity index (χ1) is 21.1. The topological polar surface area (TPSA) is 73.9 Å². The van der Waals surface area contributed by atoms with Crippen LogP contribution in [0.4, 0.5) is 18.9 Å². The highest BCUT2D eigenvalue weighted by molar-refractivity contribution is 7.99. The lowest BCUT2D eigenvalue weighted by Gasteiger charge is -2.45. The summed E-state index contributed by atoms with van der Waals surface area (Å²) in [6, 6.07) is 21.3. The van der Waals surface area contributed by atoms with E-state index in [1.807, 2.05) is 30.3 Å². The van der Waals surface area contributed by atoms with Crippen molar-refractivity contribution in [3.8, 4) is 5.75 Å². The highest BCUT2D eigenvalue weighted by atomic mass is 32.2. The van der Waals surface area contributed by atoms with Crippen molar-refractivity contribution in [2.24, 2.45) is 0 Å². The second-order valence-electron chi connectivity index (χ2n) is 10.8. The van der Waals surface area contributed by atoms with Gasteiger partial charge in [0.2, 0.25) is 11.8 Å². The number of hydrogen-bond acceptors (Lipinski definition) is 5. The van der Waals surface area contributed by atoms with E-state index < -0.39 is 17.3 Å². The van der Waals surface area contributed by atoms with Gasteiger partial charge in [-0.25, -0.2) is 0 Å². The number of carbonyl (C=O) groups is 2. The summed E-state index contributed by atoms with van der Waals surface area (Å²) in [7, 11) is 1.55. The van der Waals surface area contributed by atoms with E-state index >= 15 is 0 Å². The van der Waals surface area contributed by atoms with Crippen LogP contribution in [0.2, 0.25) is 0 Å². The highest BCUT2D eigenvalue weighted by Crippen LogP contribution is 2.36. The molecule has 2 aliphatic heterocycles. The number of carbonyl (C=O) groups excluding carboxylic acids is 2. The molecule has 1 atom stereocenters. The lowest BCUT2D eigenvalue weighted by Crippen LogP contribution is -2.61. The zero-order chi connectivity index (χ0) is 31.3. The molecule has 3 aromatic carbocycles. The molecular formula is C32H33F3N4O3S2. The first-order valence-corrected chi connectivity index (χ1v) is 15.8. The quantitative estimate of drug-likeness (QED) is 0.283. The van der Waals surface area contributed by atoms with Gasteiger partial charge in [-0.15, -0.1) is 0 Å². The average molecular weight is 643 g/mol. The Morgan fingerprint density at radius 2 is 1.70 bits per heavy atom. The fourth-order valence-electron chi connectivity index (χ4n) is 5.56. The molecule has 0 spiro atoms. The number of amides is 2. The van der Waals surface area contributed by atoms with Gasteiger partial charge in [0.15, 0.2) is 5.11 Å². The minimum absolute atomic E-state index is 0.0339. The Bertz CT molecular complexity index is 1460. The molecule has 2 N–H and O–H groups in total. The maximum absolute atomic E-state index is 14.3. The molecule has 232 valence electrons. The molecule has 7 nitrogen and oxygen atoms in total. The molecule has 0 unspecified atom stereocenters. The molecule has 3 aromatic rings. The number of nitrogens with zero attached hydrogens (tertiary/aromatic N) is 2. The molecule has 2 saturated heterocycles. The van der Waals surface area contributed by atoms with Gasteiger partial charge in [0.1, 0.15) is 11.3 Å². The Balaban J connectivity index is 1.44. The zero-order valence-corrected chi connectivity index (χ0v) is 25.7. The van der Waals surface area contributed by atoms with Crippen molar-refractivity contribution in [1.29, 1.82) is 0 Å². The summed E-state index contributed by atoms with van der Waals surface area (Å²) in [4.78, 5) is 31.8. The zero-order valence-electron chi connectivity index (χ0n) is 24.1. The predicted molar refractivity (Wildman–Crippen MR) is 169 cm³/mol. The van der Waals surface area contributed by atoms with E-state index in [2.05, 4.69) is 10.6 Å². The SMILES string of the molecule is COc1ccc(NC(=O)C2(N(Cc3ccc(C(F)(F)F)cc3)C(=O)CN3C[C@H](c4ccccc4)NC3=S)CCSCC2)cc1. The Hall–Kier alpha value is -3.77. The molecule has 2 fully saturated rings. The van der Waals surface area contributed by atoms with E-state index in [1.165, 1.54) is 12.1 Å². The van der Waals surface area contributed by atoms with Gasteiger partial charge in [-0.2, -0.15) is 24.9 Å². The van der Waals surface area contributed by atoms with Crippen LogP contribution < -0.4 is 15.4 Å². The van der Waals surface area contributed by atoms with E-state index in [4.69, 9.17) is 17.0 Å². The Morgan fingerprint density at radius 3 is 2.32 bits per heavy atom. The molecule has 12 heteroatoms. The number of anilines is 1. The third-order valence-electron chi connectivity index (χ3n) is 8.05. The number of halogens is 3. The summed E-state index contributed by atoms with van der Waals surface area (Å²) in [6.45, 7) is 0.345. The molecular weight excluding hydrogens is 610 g/mol. The predicted octanol–water partition coefficient (Wildman–Crippen LogP) is 5.88. The number of thioether (sulfide) groups is 1. The summed E-state index contributed by atoms with van der Waals surface area (Å²) >= 11 is 7.29. The van der Waals surface area contributed by atoms with Crippen molar-refractivity contribution in [3.63, 3.8) is 0 Å². The molecule has 0 aliphatic carbocycles.